The van der Waals surface area contributed by atoms with Gasteiger partial charge in [-0.25, -0.2) is 0 Å². The van der Waals surface area contributed by atoms with Gasteiger partial charge in [0.05, 0.1) is 18.7 Å². The number of nitrogens with zero attached hydrogens (tertiary/aromatic N) is 2. The quantitative estimate of drug-likeness (QED) is 0.812. The van der Waals surface area contributed by atoms with Crippen molar-refractivity contribution < 1.29 is 4.79 Å². The number of carbonyl (C=O) groups is 1. The van der Waals surface area contributed by atoms with E-state index < -0.39 is 0 Å². The van der Waals surface area contributed by atoms with Gasteiger partial charge in [0.2, 0.25) is 5.91 Å². The molecular weight excluding hydrogens is 286 g/mol. The second-order valence-corrected chi connectivity index (χ2v) is 8.26. The summed E-state index contributed by atoms with van der Waals surface area (Å²) in [4.78, 5) is 14.3. The summed E-state index contributed by atoms with van der Waals surface area (Å²) in [5.41, 5.74) is 0.178. The molecule has 4 nitrogen and oxygen atoms in total. The molecule has 4 heteroatoms. The zero-order valence-corrected chi connectivity index (χ0v) is 13.6. The summed E-state index contributed by atoms with van der Waals surface area (Å²) in [6.45, 7) is 0.336. The van der Waals surface area contributed by atoms with Crippen LogP contribution in [-0.2, 0) is 4.79 Å². The van der Waals surface area contributed by atoms with Crippen LogP contribution in [0.15, 0.2) is 0 Å². The lowest BCUT2D eigenvalue weighted by Gasteiger charge is -2.57. The lowest BCUT2D eigenvalue weighted by Crippen LogP contribution is -2.60. The average Bonchev–Trinajstić information content (AvgIpc) is 2.94. The Labute approximate surface area is 138 Å². The normalized spacial score (nSPS) is 44.1. The summed E-state index contributed by atoms with van der Waals surface area (Å²) >= 11 is 0. The zero-order valence-electron chi connectivity index (χ0n) is 13.6. The Hall–Kier alpha value is -1.52. The second kappa shape index (κ2) is 5.53. The molecule has 1 aliphatic heterocycles. The highest BCUT2D eigenvalue weighted by atomic mass is 16.2. The molecule has 0 aromatic carbocycles. The van der Waals surface area contributed by atoms with E-state index in [-0.39, 0.29) is 23.5 Å². The highest BCUT2D eigenvalue weighted by Gasteiger charge is 2.51. The first-order chi connectivity index (χ1) is 11.1. The summed E-state index contributed by atoms with van der Waals surface area (Å²) in [5.74, 6) is 5.27. The van der Waals surface area contributed by atoms with Crippen LogP contribution >= 0.6 is 0 Å². The minimum absolute atomic E-state index is 0.00717. The van der Waals surface area contributed by atoms with Crippen LogP contribution in [0.1, 0.15) is 51.4 Å². The fraction of sp³-hybridized carbons (Fsp3) is 0.789. The van der Waals surface area contributed by atoms with E-state index in [9.17, 15) is 10.1 Å². The van der Waals surface area contributed by atoms with Crippen molar-refractivity contribution in [3.63, 3.8) is 0 Å². The summed E-state index contributed by atoms with van der Waals surface area (Å²) in [7, 11) is 0. The van der Waals surface area contributed by atoms with Crippen molar-refractivity contribution in [3.05, 3.63) is 0 Å². The maximum atomic E-state index is 12.7. The Kier molecular flexibility index (Phi) is 3.62. The number of hydrogen-bond acceptors (Lipinski definition) is 3. The molecule has 5 aliphatic rings. The third-order valence-electron chi connectivity index (χ3n) is 6.67. The van der Waals surface area contributed by atoms with E-state index in [1.54, 1.807) is 4.90 Å². The van der Waals surface area contributed by atoms with Crippen molar-refractivity contribution in [2.75, 3.05) is 6.54 Å². The largest absolute Gasteiger partial charge is 0.312 e. The molecule has 0 aromatic rings. The van der Waals surface area contributed by atoms with Crippen LogP contribution in [0.3, 0.4) is 0 Å². The van der Waals surface area contributed by atoms with Gasteiger partial charge in [-0.05, 0) is 69.1 Å². The number of nitriles is 1. The van der Waals surface area contributed by atoms with Crippen LogP contribution in [0.5, 0.6) is 0 Å². The number of likely N-dealkylation sites (tertiary alicyclic amines) is 1. The smallest absolute Gasteiger partial charge is 0.238 e. The van der Waals surface area contributed by atoms with Gasteiger partial charge >= 0.3 is 0 Å². The van der Waals surface area contributed by atoms with E-state index in [1.807, 2.05) is 0 Å². The van der Waals surface area contributed by atoms with Crippen LogP contribution in [0, 0.1) is 41.4 Å². The van der Waals surface area contributed by atoms with Crippen LogP contribution in [0.4, 0.5) is 0 Å². The van der Waals surface area contributed by atoms with Gasteiger partial charge in [0, 0.05) is 5.54 Å². The van der Waals surface area contributed by atoms with Crippen molar-refractivity contribution >= 4 is 5.91 Å². The van der Waals surface area contributed by atoms with Gasteiger partial charge in [0.1, 0.15) is 6.04 Å². The van der Waals surface area contributed by atoms with Crippen molar-refractivity contribution in [2.45, 2.75) is 69.0 Å². The van der Waals surface area contributed by atoms with Crippen molar-refractivity contribution in [2.24, 2.45) is 17.8 Å². The molecule has 0 radical (unpaired) electrons. The lowest BCUT2D eigenvalue weighted by molar-refractivity contribution is -0.132. The fourth-order valence-corrected chi connectivity index (χ4v) is 6.13. The Morgan fingerprint density at radius 1 is 1.13 bits per heavy atom. The molecule has 0 spiro atoms. The minimum atomic E-state index is -0.346. The van der Waals surface area contributed by atoms with E-state index in [2.05, 4.69) is 17.3 Å². The Bertz CT molecular complexity index is 527. The number of terminal acetylenes is 1. The monoisotopic (exact) mass is 311 g/mol. The molecule has 1 saturated heterocycles. The number of nitrogens with one attached hydrogen (secondary N) is 1. The predicted molar refractivity (Wildman–Crippen MR) is 87.0 cm³/mol. The first kappa shape index (κ1) is 15.0. The van der Waals surface area contributed by atoms with Crippen LogP contribution in [-0.4, -0.2) is 35.0 Å². The summed E-state index contributed by atoms with van der Waals surface area (Å²) in [6, 6.07) is 1.69. The Morgan fingerprint density at radius 3 is 2.22 bits per heavy atom. The van der Waals surface area contributed by atoms with E-state index in [0.717, 1.165) is 24.2 Å². The molecule has 122 valence electrons. The molecular formula is C19H25N3O. The highest BCUT2D eigenvalue weighted by molar-refractivity contribution is 5.80. The van der Waals surface area contributed by atoms with E-state index in [4.69, 9.17) is 6.42 Å². The summed E-state index contributed by atoms with van der Waals surface area (Å²) in [6.07, 6.45) is 14.9. The van der Waals surface area contributed by atoms with Crippen molar-refractivity contribution in [3.8, 4) is 18.4 Å². The molecule has 4 aliphatic carbocycles. The number of amides is 1. The SMILES string of the molecule is C#CC1CCC(C#N)N1C(=O)CNC12CC3CC(CC(C3)C1)C2. The summed E-state index contributed by atoms with van der Waals surface area (Å²) < 4.78 is 0. The average molecular weight is 311 g/mol. The molecule has 5 fully saturated rings. The van der Waals surface area contributed by atoms with E-state index >= 15 is 0 Å². The van der Waals surface area contributed by atoms with Crippen LogP contribution in [0.2, 0.25) is 0 Å². The van der Waals surface area contributed by atoms with Crippen LogP contribution in [0.25, 0.3) is 0 Å². The number of rotatable bonds is 3. The molecule has 0 aromatic heterocycles. The predicted octanol–water partition coefficient (Wildman–Crippen LogP) is 2.06. The fourth-order valence-electron chi connectivity index (χ4n) is 6.13. The van der Waals surface area contributed by atoms with Gasteiger partial charge in [-0.15, -0.1) is 6.42 Å². The first-order valence-corrected chi connectivity index (χ1v) is 9.04. The molecule has 4 saturated carbocycles. The van der Waals surface area contributed by atoms with Gasteiger partial charge in [-0.3, -0.25) is 4.79 Å². The molecule has 1 N–H and O–H groups in total. The number of hydrogen-bond donors (Lipinski definition) is 1. The second-order valence-electron chi connectivity index (χ2n) is 8.26. The van der Waals surface area contributed by atoms with Gasteiger partial charge in [-0.1, -0.05) is 5.92 Å². The van der Waals surface area contributed by atoms with E-state index in [1.165, 1.54) is 38.5 Å². The molecule has 1 amide bonds. The summed E-state index contributed by atoms with van der Waals surface area (Å²) in [5, 5.41) is 12.9. The van der Waals surface area contributed by atoms with Crippen molar-refractivity contribution in [1.29, 1.82) is 5.26 Å². The van der Waals surface area contributed by atoms with E-state index in [0.29, 0.717) is 13.0 Å². The van der Waals surface area contributed by atoms with Gasteiger partial charge < -0.3 is 10.2 Å². The molecule has 2 atom stereocenters. The Balaban J connectivity index is 1.42. The zero-order chi connectivity index (χ0) is 16.0. The first-order valence-electron chi connectivity index (χ1n) is 9.04. The Morgan fingerprint density at radius 2 is 1.70 bits per heavy atom. The van der Waals surface area contributed by atoms with Gasteiger partial charge in [-0.2, -0.15) is 5.26 Å². The highest BCUT2D eigenvalue weighted by Crippen LogP contribution is 2.55. The molecule has 1 heterocycles. The standard InChI is InChI=1S/C19H25N3O/c1-2-16-3-4-17(11-20)22(16)18(23)12-21-19-8-13-5-14(9-19)7-15(6-13)10-19/h1,13-17,21H,3-10,12H2. The van der Waals surface area contributed by atoms with Gasteiger partial charge in [0.15, 0.2) is 0 Å². The van der Waals surface area contributed by atoms with Crippen LogP contribution < -0.4 is 5.32 Å². The minimum Gasteiger partial charge on any atom is -0.312 e. The molecule has 4 bridgehead atoms. The maximum absolute atomic E-state index is 12.7. The molecule has 23 heavy (non-hydrogen) atoms. The molecule has 5 rings (SSSR count). The van der Waals surface area contributed by atoms with Crippen molar-refractivity contribution in [1.82, 2.24) is 10.2 Å². The lowest BCUT2D eigenvalue weighted by atomic mass is 9.53. The van der Waals surface area contributed by atoms with Gasteiger partial charge in [0.25, 0.3) is 0 Å². The third-order valence-corrected chi connectivity index (χ3v) is 6.67. The molecule has 2 unspecified atom stereocenters. The maximum Gasteiger partial charge on any atom is 0.238 e. The number of carbonyl (C=O) groups excluding carboxylic acids is 1. The third kappa shape index (κ3) is 2.54. The topological polar surface area (TPSA) is 56.1 Å².